The Balaban J connectivity index is 1.74. The summed E-state index contributed by atoms with van der Waals surface area (Å²) in [5.74, 6) is 0.370. The minimum Gasteiger partial charge on any atom is -0.265 e. The van der Waals surface area contributed by atoms with Crippen LogP contribution in [0.3, 0.4) is 0 Å². The molecule has 0 saturated heterocycles. The molecule has 0 aromatic heterocycles. The van der Waals surface area contributed by atoms with Gasteiger partial charge >= 0.3 is 0 Å². The highest BCUT2D eigenvalue weighted by Crippen LogP contribution is 2.34. The third-order valence-corrected chi connectivity index (χ3v) is 6.09. The van der Waals surface area contributed by atoms with Crippen molar-refractivity contribution < 1.29 is 4.79 Å². The van der Waals surface area contributed by atoms with E-state index in [-0.39, 0.29) is 11.3 Å². The molecular weight excluding hydrogens is 402 g/mol. The van der Waals surface area contributed by atoms with E-state index in [2.05, 4.69) is 26.8 Å². The summed E-state index contributed by atoms with van der Waals surface area (Å²) in [6.07, 6.45) is 7.85. The highest BCUT2D eigenvalue weighted by atomic mass is 32.2. The summed E-state index contributed by atoms with van der Waals surface area (Å²) in [5, 5.41) is 6.26. The average Bonchev–Trinajstić information content (AvgIpc) is 3.03. The van der Waals surface area contributed by atoms with E-state index in [4.69, 9.17) is 10.1 Å². The number of hydrogen-bond donors (Lipinski definition) is 0. The molecule has 158 valence electrons. The molecule has 4 nitrogen and oxygen atoms in total. The predicted molar refractivity (Wildman–Crippen MR) is 130 cm³/mol. The molecular formula is C26H27N3OS. The summed E-state index contributed by atoms with van der Waals surface area (Å²) in [7, 11) is 0. The maximum Gasteiger partial charge on any atom is 0.298 e. The van der Waals surface area contributed by atoms with Gasteiger partial charge in [-0.1, -0.05) is 61.9 Å². The van der Waals surface area contributed by atoms with Gasteiger partial charge in [-0.25, -0.2) is 4.99 Å². The van der Waals surface area contributed by atoms with Crippen LogP contribution >= 0.6 is 11.8 Å². The second kappa shape index (κ2) is 8.67. The fraction of sp³-hybridized carbons (Fsp3) is 0.269. The van der Waals surface area contributed by atoms with Gasteiger partial charge < -0.3 is 0 Å². The maximum atomic E-state index is 13.3. The molecule has 1 amide bonds. The van der Waals surface area contributed by atoms with Crippen LogP contribution in [0.5, 0.6) is 0 Å². The van der Waals surface area contributed by atoms with E-state index in [1.54, 1.807) is 11.8 Å². The number of benzene rings is 2. The highest BCUT2D eigenvalue weighted by molar-refractivity contribution is 7.98. The average molecular weight is 430 g/mol. The van der Waals surface area contributed by atoms with Crippen LogP contribution in [0.25, 0.3) is 6.08 Å². The first-order chi connectivity index (χ1) is 14.8. The summed E-state index contributed by atoms with van der Waals surface area (Å²) in [5.41, 5.74) is 4.54. The van der Waals surface area contributed by atoms with E-state index >= 15 is 0 Å². The molecule has 0 atom stereocenters. The number of carbonyl (C=O) groups is 1. The van der Waals surface area contributed by atoms with Gasteiger partial charge in [0.25, 0.3) is 5.91 Å². The Morgan fingerprint density at radius 3 is 2.42 bits per heavy atom. The lowest BCUT2D eigenvalue weighted by molar-refractivity contribution is -0.122. The smallest absolute Gasteiger partial charge is 0.265 e. The molecule has 4 rings (SSSR count). The molecule has 1 aliphatic heterocycles. The van der Waals surface area contributed by atoms with Gasteiger partial charge in [-0.15, -0.1) is 11.8 Å². The van der Waals surface area contributed by atoms with Crippen molar-refractivity contribution in [2.75, 3.05) is 6.26 Å². The van der Waals surface area contributed by atoms with Gasteiger partial charge in [0, 0.05) is 10.5 Å². The van der Waals surface area contributed by atoms with Crippen LogP contribution < -0.4 is 0 Å². The maximum absolute atomic E-state index is 13.3. The van der Waals surface area contributed by atoms with Gasteiger partial charge in [0.05, 0.1) is 5.71 Å². The van der Waals surface area contributed by atoms with Crippen LogP contribution in [0, 0.1) is 5.41 Å². The van der Waals surface area contributed by atoms with Crippen LogP contribution in [0.4, 0.5) is 0 Å². The second-order valence-corrected chi connectivity index (χ2v) is 9.70. The van der Waals surface area contributed by atoms with Crippen molar-refractivity contribution in [1.29, 1.82) is 0 Å². The molecule has 1 aliphatic carbocycles. The standard InChI is InChI=1S/C26H27N3OS/c1-18-14-21(17-26(2,3)16-18)28-29-24(20-8-6-5-7-9-20)27-23(25(29)30)15-19-10-12-22(31-4)13-11-19/h5-15H,16-17H2,1-4H3/b23-15-,28-21-. The number of thioether (sulfide) groups is 1. The number of nitrogens with zero attached hydrogens (tertiary/aromatic N) is 3. The topological polar surface area (TPSA) is 45.0 Å². The van der Waals surface area contributed by atoms with E-state index in [1.807, 2.05) is 66.9 Å². The van der Waals surface area contributed by atoms with Gasteiger partial charge in [-0.05, 0) is 61.3 Å². The molecule has 2 aromatic carbocycles. The largest absolute Gasteiger partial charge is 0.298 e. The molecule has 0 saturated carbocycles. The van der Waals surface area contributed by atoms with Gasteiger partial charge in [0.2, 0.25) is 0 Å². The van der Waals surface area contributed by atoms with Crippen molar-refractivity contribution in [2.24, 2.45) is 15.5 Å². The SMILES string of the molecule is CSc1ccc(/C=C2\N=C(c3ccccc3)N(/N=C3/C=C(C)CC(C)(C)C3)C2=O)cc1. The molecule has 0 unspecified atom stereocenters. The number of amidine groups is 1. The van der Waals surface area contributed by atoms with Crippen molar-refractivity contribution in [3.8, 4) is 0 Å². The van der Waals surface area contributed by atoms with Gasteiger partial charge in [0.15, 0.2) is 5.84 Å². The van der Waals surface area contributed by atoms with Crippen molar-refractivity contribution in [1.82, 2.24) is 5.01 Å². The van der Waals surface area contributed by atoms with Crippen molar-refractivity contribution >= 4 is 35.3 Å². The lowest BCUT2D eigenvalue weighted by Gasteiger charge is -2.29. The first-order valence-corrected chi connectivity index (χ1v) is 11.7. The molecule has 5 heteroatoms. The number of rotatable bonds is 4. The molecule has 1 heterocycles. The Kier molecular flexibility index (Phi) is 5.96. The summed E-state index contributed by atoms with van der Waals surface area (Å²) in [4.78, 5) is 19.2. The zero-order valence-corrected chi connectivity index (χ0v) is 19.2. The van der Waals surface area contributed by atoms with Crippen molar-refractivity contribution in [3.05, 3.63) is 83.1 Å². The van der Waals surface area contributed by atoms with Gasteiger partial charge in [-0.2, -0.15) is 10.1 Å². The Labute approximate surface area is 188 Å². The fourth-order valence-electron chi connectivity index (χ4n) is 4.12. The summed E-state index contributed by atoms with van der Waals surface area (Å²) in [6, 6.07) is 17.9. The number of hydrogen-bond acceptors (Lipinski definition) is 4. The van der Waals surface area contributed by atoms with Gasteiger partial charge in [0.1, 0.15) is 5.70 Å². The van der Waals surface area contributed by atoms with Crippen LogP contribution in [0.1, 0.15) is 44.7 Å². The number of allylic oxidation sites excluding steroid dienone is 2. The number of hydrazone groups is 1. The zero-order chi connectivity index (χ0) is 22.0. The van der Waals surface area contributed by atoms with E-state index < -0.39 is 0 Å². The van der Waals surface area contributed by atoms with Crippen LogP contribution in [-0.4, -0.2) is 28.7 Å². The zero-order valence-electron chi connectivity index (χ0n) is 18.4. The first kappa shape index (κ1) is 21.3. The minimum atomic E-state index is -0.199. The fourth-order valence-corrected chi connectivity index (χ4v) is 4.53. The van der Waals surface area contributed by atoms with E-state index in [0.717, 1.165) is 29.7 Å². The van der Waals surface area contributed by atoms with E-state index in [9.17, 15) is 4.79 Å². The quantitative estimate of drug-likeness (QED) is 0.431. The number of aliphatic imine (C=N–C) groups is 1. The molecule has 0 radical (unpaired) electrons. The lowest BCUT2D eigenvalue weighted by Crippen LogP contribution is -2.31. The molecule has 2 aliphatic rings. The van der Waals surface area contributed by atoms with E-state index in [0.29, 0.717) is 11.5 Å². The second-order valence-electron chi connectivity index (χ2n) is 8.82. The third-order valence-electron chi connectivity index (χ3n) is 5.35. The summed E-state index contributed by atoms with van der Waals surface area (Å²) >= 11 is 1.69. The van der Waals surface area contributed by atoms with Gasteiger partial charge in [-0.3, -0.25) is 4.79 Å². The van der Waals surface area contributed by atoms with E-state index in [1.165, 1.54) is 15.5 Å². The normalized spacial score (nSPS) is 20.9. The third kappa shape index (κ3) is 4.88. The summed E-state index contributed by atoms with van der Waals surface area (Å²) in [6.45, 7) is 6.60. The predicted octanol–water partition coefficient (Wildman–Crippen LogP) is 6.16. The first-order valence-electron chi connectivity index (χ1n) is 10.4. The number of amides is 1. The molecule has 2 aromatic rings. The van der Waals surface area contributed by atoms with Crippen LogP contribution in [-0.2, 0) is 4.79 Å². The lowest BCUT2D eigenvalue weighted by atomic mass is 9.77. The van der Waals surface area contributed by atoms with Crippen molar-refractivity contribution in [2.45, 2.75) is 38.5 Å². The number of carbonyl (C=O) groups excluding carboxylic acids is 1. The van der Waals surface area contributed by atoms with Crippen molar-refractivity contribution in [3.63, 3.8) is 0 Å². The van der Waals surface area contributed by atoms with Crippen LogP contribution in [0.2, 0.25) is 0 Å². The monoisotopic (exact) mass is 429 g/mol. The Morgan fingerprint density at radius 1 is 1.06 bits per heavy atom. The molecule has 0 bridgehead atoms. The molecule has 0 fully saturated rings. The minimum absolute atomic E-state index is 0.127. The molecule has 31 heavy (non-hydrogen) atoms. The Hall–Kier alpha value is -2.92. The molecule has 0 spiro atoms. The van der Waals surface area contributed by atoms with Crippen LogP contribution in [0.15, 0.2) is 86.9 Å². The Bertz CT molecular complexity index is 1110. The molecule has 0 N–H and O–H groups in total. The Morgan fingerprint density at radius 2 is 1.77 bits per heavy atom. The summed E-state index contributed by atoms with van der Waals surface area (Å²) < 4.78 is 0. The highest BCUT2D eigenvalue weighted by Gasteiger charge is 2.33.